The first kappa shape index (κ1) is 23.8. The summed E-state index contributed by atoms with van der Waals surface area (Å²) in [7, 11) is 0. The Morgan fingerprint density at radius 1 is 1.00 bits per heavy atom. The third kappa shape index (κ3) is 6.54. The molecule has 32 heavy (non-hydrogen) atoms. The van der Waals surface area contributed by atoms with Gasteiger partial charge in [0, 0.05) is 18.2 Å². The molecule has 1 N–H and O–H groups in total. The summed E-state index contributed by atoms with van der Waals surface area (Å²) in [5, 5.41) is 3.00. The van der Waals surface area contributed by atoms with Gasteiger partial charge in [0.25, 0.3) is 5.56 Å². The van der Waals surface area contributed by atoms with Crippen LogP contribution >= 0.6 is 0 Å². The second-order valence-electron chi connectivity index (χ2n) is 6.48. The number of Topliss-reactive ketones (excluding diaryl/α,β-unsaturated/α-hetero) is 1. The molecule has 0 saturated heterocycles. The number of carbonyl (C=O) groups is 2. The van der Waals surface area contributed by atoms with Crippen LogP contribution in [0.3, 0.4) is 0 Å². The van der Waals surface area contributed by atoms with Crippen molar-refractivity contribution < 1.29 is 14.3 Å². The van der Waals surface area contributed by atoms with E-state index >= 15 is 0 Å². The van der Waals surface area contributed by atoms with Crippen molar-refractivity contribution in [3.05, 3.63) is 93.3 Å². The predicted molar refractivity (Wildman–Crippen MR) is 121 cm³/mol. The van der Waals surface area contributed by atoms with Crippen LogP contribution in [0.25, 0.3) is 20.9 Å². The van der Waals surface area contributed by atoms with Crippen LogP contribution in [0, 0.1) is 13.1 Å². The van der Waals surface area contributed by atoms with Crippen molar-refractivity contribution in [2.75, 3.05) is 6.61 Å². The molecule has 0 aliphatic heterocycles. The monoisotopic (exact) mass is 430 g/mol. The van der Waals surface area contributed by atoms with E-state index in [-0.39, 0.29) is 24.4 Å². The molecule has 0 bridgehead atoms. The summed E-state index contributed by atoms with van der Waals surface area (Å²) in [5.41, 5.74) is 2.87. The van der Waals surface area contributed by atoms with Crippen LogP contribution in [0.2, 0.25) is 0 Å². The molecule has 8 heteroatoms. The first-order valence-corrected chi connectivity index (χ1v) is 9.85. The van der Waals surface area contributed by atoms with Gasteiger partial charge in [-0.25, -0.2) is 9.69 Å². The third-order valence-corrected chi connectivity index (χ3v) is 4.30. The van der Waals surface area contributed by atoms with Gasteiger partial charge >= 0.3 is 5.97 Å². The second-order valence-corrected chi connectivity index (χ2v) is 6.48. The number of hydrogen-bond acceptors (Lipinski definition) is 4. The van der Waals surface area contributed by atoms with Gasteiger partial charge in [0.2, 0.25) is 0 Å². The van der Waals surface area contributed by atoms with Gasteiger partial charge in [-0.2, -0.15) is 0 Å². The molecule has 2 aromatic carbocycles. The van der Waals surface area contributed by atoms with Gasteiger partial charge in [-0.3, -0.25) is 24.2 Å². The molecular formula is C24H22N4O4. The molecule has 0 unspecified atom stereocenters. The molecule has 0 atom stereocenters. The standard InChI is InChI=1S/C12H11N3O.C12H11NO3/c1-3-15-12(16)8-11(14-15)9-5-4-6-10(7-9)13-2;1-3-16-12(15)8-11(14)9-5-4-6-10(7-9)13-2/h4-8,14H,3H2,1H3;4-7H,3,8H2,1H3. The fourth-order valence-corrected chi connectivity index (χ4v) is 2.75. The normalized spacial score (nSPS) is 9.62. The Hall–Kier alpha value is -4.43. The number of hydrogen-bond donors (Lipinski definition) is 1. The van der Waals surface area contributed by atoms with E-state index in [1.54, 1.807) is 43.3 Å². The average Bonchev–Trinajstić information content (AvgIpc) is 3.20. The number of rotatable bonds is 6. The van der Waals surface area contributed by atoms with E-state index in [2.05, 4.69) is 19.5 Å². The highest BCUT2D eigenvalue weighted by atomic mass is 16.5. The molecule has 3 rings (SSSR count). The lowest BCUT2D eigenvalue weighted by atomic mass is 10.1. The summed E-state index contributed by atoms with van der Waals surface area (Å²) < 4.78 is 6.20. The number of ketones is 1. The number of nitrogens with one attached hydrogen (secondary N) is 1. The van der Waals surface area contributed by atoms with E-state index in [0.717, 1.165) is 11.3 Å². The molecule has 8 nitrogen and oxygen atoms in total. The van der Waals surface area contributed by atoms with Crippen molar-refractivity contribution in [2.24, 2.45) is 0 Å². The summed E-state index contributed by atoms with van der Waals surface area (Å²) in [6.45, 7) is 18.2. The number of H-pyrrole nitrogens is 1. The summed E-state index contributed by atoms with van der Waals surface area (Å²) in [6, 6.07) is 15.0. The van der Waals surface area contributed by atoms with Gasteiger partial charge in [-0.15, -0.1) is 0 Å². The van der Waals surface area contributed by atoms with Crippen LogP contribution < -0.4 is 5.56 Å². The Morgan fingerprint density at radius 2 is 1.66 bits per heavy atom. The van der Waals surface area contributed by atoms with Gasteiger partial charge in [0.1, 0.15) is 6.42 Å². The van der Waals surface area contributed by atoms with Crippen molar-refractivity contribution in [1.82, 2.24) is 9.78 Å². The van der Waals surface area contributed by atoms with Crippen LogP contribution in [0.1, 0.15) is 30.6 Å². The largest absolute Gasteiger partial charge is 0.466 e. The molecule has 1 aromatic heterocycles. The summed E-state index contributed by atoms with van der Waals surface area (Å²) in [4.78, 5) is 40.7. The fourth-order valence-electron chi connectivity index (χ4n) is 2.75. The van der Waals surface area contributed by atoms with Gasteiger partial charge in [0.15, 0.2) is 17.2 Å². The van der Waals surface area contributed by atoms with Crippen LogP contribution in [-0.4, -0.2) is 28.1 Å². The molecule has 0 radical (unpaired) electrons. The molecule has 3 aromatic rings. The van der Waals surface area contributed by atoms with Crippen molar-refractivity contribution in [1.29, 1.82) is 0 Å². The quantitative estimate of drug-likeness (QED) is 0.264. The predicted octanol–water partition coefficient (Wildman–Crippen LogP) is 4.79. The number of nitrogens with zero attached hydrogens (tertiary/aromatic N) is 3. The van der Waals surface area contributed by atoms with Crippen LogP contribution in [0.5, 0.6) is 0 Å². The highest BCUT2D eigenvalue weighted by Crippen LogP contribution is 2.21. The number of esters is 1. The molecule has 0 aliphatic carbocycles. The van der Waals surface area contributed by atoms with Crippen molar-refractivity contribution >= 4 is 23.1 Å². The van der Waals surface area contributed by atoms with Crippen molar-refractivity contribution in [3.63, 3.8) is 0 Å². The first-order chi connectivity index (χ1) is 15.4. The van der Waals surface area contributed by atoms with E-state index in [1.165, 1.54) is 10.7 Å². The van der Waals surface area contributed by atoms with Gasteiger partial charge in [-0.1, -0.05) is 36.4 Å². The van der Waals surface area contributed by atoms with E-state index in [1.807, 2.05) is 19.1 Å². The molecular weight excluding hydrogens is 408 g/mol. The minimum Gasteiger partial charge on any atom is -0.466 e. The van der Waals surface area contributed by atoms with Gasteiger partial charge in [0.05, 0.1) is 25.4 Å². The number of benzene rings is 2. The topological polar surface area (TPSA) is 89.9 Å². The number of carbonyl (C=O) groups excluding carboxylic acids is 2. The number of aryl methyl sites for hydroxylation is 1. The minimum atomic E-state index is -0.541. The molecule has 0 spiro atoms. The molecule has 0 fully saturated rings. The zero-order valence-electron chi connectivity index (χ0n) is 17.8. The van der Waals surface area contributed by atoms with Gasteiger partial charge < -0.3 is 4.74 Å². The highest BCUT2D eigenvalue weighted by molar-refractivity contribution is 6.06. The van der Waals surface area contributed by atoms with Crippen LogP contribution in [0.15, 0.2) is 59.4 Å². The Labute approximate surface area is 185 Å². The molecule has 162 valence electrons. The average molecular weight is 430 g/mol. The zero-order valence-corrected chi connectivity index (χ0v) is 17.8. The maximum absolute atomic E-state index is 11.6. The molecule has 0 aliphatic rings. The number of ether oxygens (including phenoxy) is 1. The Kier molecular flexibility index (Phi) is 8.70. The SMILES string of the molecule is [C-]#[N+]c1cccc(-c2cc(=O)n(CC)[nH]2)c1.[C-]#[N+]c1cccc(C(=O)CC(=O)OCC)c1. The Morgan fingerprint density at radius 3 is 2.25 bits per heavy atom. The number of aromatic nitrogens is 2. The van der Waals surface area contributed by atoms with Crippen LogP contribution in [0.4, 0.5) is 11.4 Å². The maximum Gasteiger partial charge on any atom is 0.313 e. The van der Waals surface area contributed by atoms with Crippen LogP contribution in [-0.2, 0) is 16.1 Å². The lowest BCUT2D eigenvalue weighted by Gasteiger charge is -2.01. The Bertz CT molecular complexity index is 1240. The lowest BCUT2D eigenvalue weighted by Crippen LogP contribution is -2.13. The first-order valence-electron chi connectivity index (χ1n) is 9.85. The Balaban J connectivity index is 0.000000227. The highest BCUT2D eigenvalue weighted by Gasteiger charge is 2.12. The smallest absolute Gasteiger partial charge is 0.313 e. The summed E-state index contributed by atoms with van der Waals surface area (Å²) in [6.07, 6.45) is -0.282. The zero-order chi connectivity index (χ0) is 23.5. The van der Waals surface area contributed by atoms with Crippen molar-refractivity contribution in [3.8, 4) is 11.3 Å². The van der Waals surface area contributed by atoms with E-state index in [9.17, 15) is 14.4 Å². The van der Waals surface area contributed by atoms with E-state index in [4.69, 9.17) is 13.1 Å². The summed E-state index contributed by atoms with van der Waals surface area (Å²) in [5.74, 6) is -0.871. The fraction of sp³-hybridized carbons (Fsp3) is 0.208. The molecule has 0 saturated carbocycles. The number of aromatic amines is 1. The maximum atomic E-state index is 11.6. The summed E-state index contributed by atoms with van der Waals surface area (Å²) >= 11 is 0. The molecule has 1 heterocycles. The van der Waals surface area contributed by atoms with Gasteiger partial charge in [-0.05, 0) is 31.5 Å². The minimum absolute atomic E-state index is 0.0503. The van der Waals surface area contributed by atoms with E-state index in [0.29, 0.717) is 23.5 Å². The third-order valence-electron chi connectivity index (χ3n) is 4.30. The van der Waals surface area contributed by atoms with Crippen molar-refractivity contribution in [2.45, 2.75) is 26.8 Å². The second kappa shape index (κ2) is 11.7. The molecule has 0 amide bonds. The van der Waals surface area contributed by atoms with E-state index < -0.39 is 5.97 Å². The lowest BCUT2D eigenvalue weighted by molar-refractivity contribution is -0.141.